The predicted molar refractivity (Wildman–Crippen MR) is 136 cm³/mol. The Balaban J connectivity index is 1.35. The largest absolute Gasteiger partial charge is 0.488 e. The number of benzene rings is 1. The van der Waals surface area contributed by atoms with Gasteiger partial charge < -0.3 is 25.2 Å². The molecule has 2 fully saturated rings. The van der Waals surface area contributed by atoms with E-state index in [1.54, 1.807) is 12.4 Å². The molecule has 0 amide bonds. The van der Waals surface area contributed by atoms with Crippen LogP contribution in [0.3, 0.4) is 0 Å². The van der Waals surface area contributed by atoms with Gasteiger partial charge in [-0.3, -0.25) is 4.98 Å². The van der Waals surface area contributed by atoms with Crippen LogP contribution in [0.25, 0.3) is 11.3 Å². The molecule has 3 N–H and O–H groups in total. The Morgan fingerprint density at radius 1 is 1.11 bits per heavy atom. The van der Waals surface area contributed by atoms with Crippen LogP contribution in [0.2, 0.25) is 0 Å². The minimum Gasteiger partial charge on any atom is -0.488 e. The van der Waals surface area contributed by atoms with Crippen molar-refractivity contribution in [3.05, 3.63) is 71.4 Å². The highest BCUT2D eigenvalue weighted by Gasteiger charge is 2.31. The van der Waals surface area contributed by atoms with Crippen LogP contribution < -0.4 is 15.4 Å². The van der Waals surface area contributed by atoms with E-state index in [0.717, 1.165) is 23.4 Å². The number of hydrogen-bond acceptors (Lipinski definition) is 7. The van der Waals surface area contributed by atoms with Crippen LogP contribution in [0.1, 0.15) is 24.6 Å². The zero-order valence-electron chi connectivity index (χ0n) is 21.1. The molecule has 1 aromatic carbocycles. The standard InChI is InChI=1S/C28H31F3N4O3/c1-16-13-35(14-24(32)28(16)36)25-6-8-33-12-17(25)2-3-18-4-5-21(29)27(34-18)26-22(30)10-20(11-23(26)31)38-19-7-9-37-15-19/h4-6,8,10-12,16,19,24,28,36H,2-3,7,9,13-15,32H2,1H3/t16-,19+,24+,28+/m0/s1. The fourth-order valence-corrected chi connectivity index (χ4v) is 5.13. The van der Waals surface area contributed by atoms with Gasteiger partial charge in [0.05, 0.1) is 24.9 Å². The Morgan fingerprint density at radius 3 is 2.61 bits per heavy atom. The highest BCUT2D eigenvalue weighted by molar-refractivity contribution is 5.63. The lowest BCUT2D eigenvalue weighted by Gasteiger charge is -2.40. The van der Waals surface area contributed by atoms with E-state index in [1.807, 2.05) is 13.0 Å². The van der Waals surface area contributed by atoms with Gasteiger partial charge in [0.25, 0.3) is 0 Å². The van der Waals surface area contributed by atoms with Crippen molar-refractivity contribution >= 4 is 5.69 Å². The van der Waals surface area contributed by atoms with Crippen molar-refractivity contribution in [2.45, 2.75) is 44.4 Å². The molecule has 2 aliphatic rings. The van der Waals surface area contributed by atoms with Crippen molar-refractivity contribution in [1.29, 1.82) is 0 Å². The van der Waals surface area contributed by atoms with Crippen molar-refractivity contribution < 1.29 is 27.8 Å². The third kappa shape index (κ3) is 5.62. The normalized spacial score (nSPS) is 23.6. The Morgan fingerprint density at radius 2 is 1.89 bits per heavy atom. The lowest BCUT2D eigenvalue weighted by Crippen LogP contribution is -2.55. The molecule has 0 radical (unpaired) electrons. The Hall–Kier alpha value is -3.21. The summed E-state index contributed by atoms with van der Waals surface area (Å²) in [5.74, 6) is -2.68. The first-order chi connectivity index (χ1) is 18.3. The summed E-state index contributed by atoms with van der Waals surface area (Å²) in [5.41, 5.74) is 7.60. The van der Waals surface area contributed by atoms with Gasteiger partial charge in [0.2, 0.25) is 0 Å². The summed E-state index contributed by atoms with van der Waals surface area (Å²) in [5, 5.41) is 10.2. The summed E-state index contributed by atoms with van der Waals surface area (Å²) in [6, 6.07) is 6.32. The second kappa shape index (κ2) is 11.3. The first-order valence-corrected chi connectivity index (χ1v) is 12.8. The Labute approximate surface area is 219 Å². The van der Waals surface area contributed by atoms with Gasteiger partial charge in [-0.05, 0) is 36.6 Å². The van der Waals surface area contributed by atoms with Crippen LogP contribution in [0, 0.1) is 23.4 Å². The fourth-order valence-electron chi connectivity index (χ4n) is 5.13. The van der Waals surface area contributed by atoms with Crippen molar-refractivity contribution in [2.24, 2.45) is 11.7 Å². The minimum absolute atomic E-state index is 0.00849. The zero-order valence-corrected chi connectivity index (χ0v) is 21.1. The number of rotatable bonds is 7. The lowest BCUT2D eigenvalue weighted by molar-refractivity contribution is 0.0784. The van der Waals surface area contributed by atoms with Crippen LogP contribution in [-0.2, 0) is 17.6 Å². The molecule has 2 aromatic heterocycles. The SMILES string of the molecule is C[C@H]1CN(c2ccncc2CCc2ccc(F)c(-c3c(F)cc(O[C@@H]4CCOC4)cc3F)n2)C[C@@H](N)[C@@H]1O. The number of piperidine rings is 1. The number of aliphatic hydroxyl groups excluding tert-OH is 1. The molecule has 4 atom stereocenters. The first kappa shape index (κ1) is 26.4. The average molecular weight is 529 g/mol. The maximum atomic E-state index is 15.0. The first-order valence-electron chi connectivity index (χ1n) is 12.8. The highest BCUT2D eigenvalue weighted by atomic mass is 19.1. The molecule has 0 saturated carbocycles. The topological polar surface area (TPSA) is 93.7 Å². The molecule has 5 rings (SSSR count). The van der Waals surface area contributed by atoms with E-state index < -0.39 is 29.1 Å². The van der Waals surface area contributed by atoms with E-state index in [9.17, 15) is 18.3 Å². The molecule has 4 heterocycles. The lowest BCUT2D eigenvalue weighted by atomic mass is 9.92. The number of aryl methyl sites for hydroxylation is 2. The zero-order chi connectivity index (χ0) is 26.8. The van der Waals surface area contributed by atoms with E-state index >= 15 is 0 Å². The van der Waals surface area contributed by atoms with Crippen molar-refractivity contribution in [3.8, 4) is 17.0 Å². The highest BCUT2D eigenvalue weighted by Crippen LogP contribution is 2.32. The van der Waals surface area contributed by atoms with Crippen LogP contribution in [0.15, 0.2) is 42.7 Å². The van der Waals surface area contributed by atoms with E-state index in [2.05, 4.69) is 14.9 Å². The predicted octanol–water partition coefficient (Wildman–Crippen LogP) is 3.66. The third-order valence-electron chi connectivity index (χ3n) is 7.18. The summed E-state index contributed by atoms with van der Waals surface area (Å²) >= 11 is 0. The molecule has 7 nitrogen and oxygen atoms in total. The second-order valence-electron chi connectivity index (χ2n) is 10.0. The average Bonchev–Trinajstić information content (AvgIpc) is 3.40. The fraction of sp³-hybridized carbons (Fsp3) is 0.429. The number of ether oxygens (including phenoxy) is 2. The van der Waals surface area contributed by atoms with E-state index in [-0.39, 0.29) is 29.5 Å². The monoisotopic (exact) mass is 528 g/mol. The Bertz CT molecular complexity index is 1250. The van der Waals surface area contributed by atoms with Gasteiger partial charge in [-0.2, -0.15) is 0 Å². The number of aromatic nitrogens is 2. The molecule has 0 spiro atoms. The van der Waals surface area contributed by atoms with Crippen molar-refractivity contribution in [1.82, 2.24) is 9.97 Å². The number of nitrogens with two attached hydrogens (primary N) is 1. The molecule has 0 bridgehead atoms. The van der Waals surface area contributed by atoms with Crippen LogP contribution in [0.5, 0.6) is 5.75 Å². The molecule has 202 valence electrons. The maximum Gasteiger partial charge on any atom is 0.149 e. The summed E-state index contributed by atoms with van der Waals surface area (Å²) in [6.45, 7) is 4.00. The molecule has 2 aliphatic heterocycles. The van der Waals surface area contributed by atoms with Gasteiger partial charge >= 0.3 is 0 Å². The quantitative estimate of drug-likeness (QED) is 0.484. The van der Waals surface area contributed by atoms with Crippen LogP contribution in [-0.4, -0.2) is 59.6 Å². The van der Waals surface area contributed by atoms with Gasteiger partial charge in [0, 0.05) is 67.4 Å². The number of pyridine rings is 2. The number of anilines is 1. The molecule has 2 saturated heterocycles. The summed E-state index contributed by atoms with van der Waals surface area (Å²) in [6.07, 6.45) is 4.18. The van der Waals surface area contributed by atoms with Crippen molar-refractivity contribution in [2.75, 3.05) is 31.2 Å². The minimum atomic E-state index is -0.949. The Kier molecular flexibility index (Phi) is 7.83. The van der Waals surface area contributed by atoms with E-state index in [1.165, 1.54) is 12.1 Å². The van der Waals surface area contributed by atoms with Gasteiger partial charge in [-0.1, -0.05) is 6.92 Å². The number of aliphatic hydroxyl groups is 1. The summed E-state index contributed by atoms with van der Waals surface area (Å²) in [7, 11) is 0. The summed E-state index contributed by atoms with van der Waals surface area (Å²) in [4.78, 5) is 10.7. The second-order valence-corrected chi connectivity index (χ2v) is 10.0. The van der Waals surface area contributed by atoms with Gasteiger partial charge in [0.15, 0.2) is 0 Å². The molecular weight excluding hydrogens is 497 g/mol. The van der Waals surface area contributed by atoms with Gasteiger partial charge in [-0.25, -0.2) is 18.2 Å². The summed E-state index contributed by atoms with van der Waals surface area (Å²) < 4.78 is 55.5. The third-order valence-corrected chi connectivity index (χ3v) is 7.18. The molecule has 0 aliphatic carbocycles. The van der Waals surface area contributed by atoms with Crippen molar-refractivity contribution in [3.63, 3.8) is 0 Å². The van der Waals surface area contributed by atoms with Crippen LogP contribution >= 0.6 is 0 Å². The van der Waals surface area contributed by atoms with Gasteiger partial charge in [-0.15, -0.1) is 0 Å². The maximum absolute atomic E-state index is 15.0. The molecular formula is C28H31F3N4O3. The molecule has 0 unspecified atom stereocenters. The van der Waals surface area contributed by atoms with Crippen LogP contribution in [0.4, 0.5) is 18.9 Å². The molecule has 10 heteroatoms. The molecule has 3 aromatic rings. The molecule has 38 heavy (non-hydrogen) atoms. The smallest absolute Gasteiger partial charge is 0.149 e. The number of nitrogens with zero attached hydrogens (tertiary/aromatic N) is 3. The number of hydrogen-bond donors (Lipinski definition) is 2. The van der Waals surface area contributed by atoms with E-state index in [4.69, 9.17) is 15.2 Å². The van der Waals surface area contributed by atoms with E-state index in [0.29, 0.717) is 51.3 Å². The number of halogens is 3. The van der Waals surface area contributed by atoms with Gasteiger partial charge in [0.1, 0.15) is 35.0 Å².